The lowest BCUT2D eigenvalue weighted by molar-refractivity contribution is -0.133. The van der Waals surface area contributed by atoms with Gasteiger partial charge in [-0.15, -0.1) is 0 Å². The van der Waals surface area contributed by atoms with Gasteiger partial charge in [-0.25, -0.2) is 0 Å². The molecule has 0 atom stereocenters. The van der Waals surface area contributed by atoms with Crippen molar-refractivity contribution in [2.24, 2.45) is 5.73 Å². The molecule has 0 aromatic rings. The minimum atomic E-state index is -3.77. The van der Waals surface area contributed by atoms with Crippen molar-refractivity contribution in [1.29, 1.82) is 0 Å². The smallest absolute Gasteiger partial charge is 0.322 e. The van der Waals surface area contributed by atoms with Gasteiger partial charge in [0.25, 0.3) is 0 Å². The van der Waals surface area contributed by atoms with Crippen LogP contribution >= 0.6 is 0 Å². The van der Waals surface area contributed by atoms with Crippen LogP contribution in [0.4, 0.5) is 0 Å². The van der Waals surface area contributed by atoms with E-state index in [1.54, 1.807) is 0 Å². The first-order chi connectivity index (χ1) is 10.5. The molecule has 0 aromatic carbocycles. The lowest BCUT2D eigenvalue weighted by atomic mass is 10.1. The zero-order valence-electron chi connectivity index (χ0n) is 14.7. The van der Waals surface area contributed by atoms with Crippen LogP contribution in [0.1, 0.15) is 84.0 Å². The van der Waals surface area contributed by atoms with Crippen LogP contribution in [0.3, 0.4) is 0 Å². The lowest BCUT2D eigenvalue weighted by Crippen LogP contribution is -2.21. The second-order valence-corrected chi connectivity index (χ2v) is 7.48. The van der Waals surface area contributed by atoms with Crippen LogP contribution < -0.4 is 11.9 Å². The monoisotopic (exact) mass is 352 g/mol. The van der Waals surface area contributed by atoms with Crippen LogP contribution in [0.25, 0.3) is 0 Å². The van der Waals surface area contributed by atoms with Crippen molar-refractivity contribution in [2.75, 3.05) is 12.3 Å². The van der Waals surface area contributed by atoms with Crippen LogP contribution in [-0.2, 0) is 19.1 Å². The predicted octanol–water partition coefficient (Wildman–Crippen LogP) is 3.68. The van der Waals surface area contributed by atoms with E-state index in [0.717, 1.165) is 12.8 Å². The number of hydrogen-bond donors (Lipinski definition) is 2. The van der Waals surface area contributed by atoms with Crippen LogP contribution in [0, 0.1) is 0 Å². The first-order valence-corrected chi connectivity index (χ1v) is 10.2. The molecule has 0 saturated heterocycles. The number of unbranched alkanes of at least 4 members (excludes halogenated alkanes) is 10. The first kappa shape index (κ1) is 24.6. The van der Waals surface area contributed by atoms with Gasteiger partial charge in [0.1, 0.15) is 0 Å². The molecule has 0 aliphatic heterocycles. The number of hydrogen-bond acceptors (Lipinski definition) is 6. The number of carbonyl (C=O) groups excluding carboxylic acids is 1. The van der Waals surface area contributed by atoms with Crippen LogP contribution in [0.5, 0.6) is 0 Å². The molecule has 0 bridgehead atoms. The maximum atomic E-state index is 11.4. The molecule has 5 N–H and O–H groups in total. The topological polar surface area (TPSA) is 121 Å². The molecule has 0 saturated carbocycles. The molecular formula is C16H36N2O4S. The predicted molar refractivity (Wildman–Crippen MR) is 95.0 cm³/mol. The van der Waals surface area contributed by atoms with Gasteiger partial charge in [0.05, 0.1) is 5.75 Å². The van der Waals surface area contributed by atoms with Crippen LogP contribution in [0.15, 0.2) is 0 Å². The Bertz CT molecular complexity index is 372. The Morgan fingerprint density at radius 3 is 1.74 bits per heavy atom. The Kier molecular flexibility index (Phi) is 17.3. The van der Waals surface area contributed by atoms with E-state index in [2.05, 4.69) is 11.1 Å². The highest BCUT2D eigenvalue weighted by Crippen LogP contribution is 2.12. The van der Waals surface area contributed by atoms with Crippen molar-refractivity contribution in [3.05, 3.63) is 0 Å². The standard InChI is InChI=1S/C16H33NO4S.H3N/c1-2-3-4-5-6-7-8-9-10-11-12-13-16(18)21-22(19,20)15-14-17;/h2-15,17H2,1H3;1H3. The summed E-state index contributed by atoms with van der Waals surface area (Å²) in [6.45, 7) is 2.19. The molecule has 0 aliphatic carbocycles. The third kappa shape index (κ3) is 17.5. The highest BCUT2D eigenvalue weighted by molar-refractivity contribution is 7.87. The molecule has 0 amide bonds. The van der Waals surface area contributed by atoms with Crippen molar-refractivity contribution in [3.63, 3.8) is 0 Å². The van der Waals surface area contributed by atoms with Gasteiger partial charge in [0, 0.05) is 13.0 Å². The van der Waals surface area contributed by atoms with Gasteiger partial charge in [-0.05, 0) is 6.42 Å². The Morgan fingerprint density at radius 2 is 1.30 bits per heavy atom. The summed E-state index contributed by atoms with van der Waals surface area (Å²) in [6, 6.07) is 0. The van der Waals surface area contributed by atoms with Crippen molar-refractivity contribution < 1.29 is 17.4 Å². The lowest BCUT2D eigenvalue weighted by Gasteiger charge is -2.04. The van der Waals surface area contributed by atoms with E-state index in [0.29, 0.717) is 6.42 Å². The molecule has 0 aliphatic rings. The SMILES string of the molecule is CCCCCCCCCCCCCC(=O)OS(=O)(=O)CCN.N. The second kappa shape index (κ2) is 16.2. The fourth-order valence-corrected chi connectivity index (χ4v) is 3.04. The highest BCUT2D eigenvalue weighted by Gasteiger charge is 2.15. The van der Waals surface area contributed by atoms with Crippen molar-refractivity contribution in [2.45, 2.75) is 84.0 Å². The molecule has 6 nitrogen and oxygen atoms in total. The van der Waals surface area contributed by atoms with Crippen molar-refractivity contribution in [1.82, 2.24) is 6.15 Å². The summed E-state index contributed by atoms with van der Waals surface area (Å²) in [4.78, 5) is 11.4. The molecule has 0 aromatic heterocycles. The molecule has 0 radical (unpaired) electrons. The maximum absolute atomic E-state index is 11.4. The minimum absolute atomic E-state index is 0. The normalized spacial score (nSPS) is 11.0. The second-order valence-electron chi connectivity index (χ2n) is 5.79. The third-order valence-electron chi connectivity index (χ3n) is 3.57. The van der Waals surface area contributed by atoms with Crippen molar-refractivity contribution >= 4 is 16.1 Å². The van der Waals surface area contributed by atoms with Crippen LogP contribution in [-0.4, -0.2) is 26.7 Å². The fraction of sp³-hybridized carbons (Fsp3) is 0.938. The van der Waals surface area contributed by atoms with Crippen LogP contribution in [0.2, 0.25) is 0 Å². The Morgan fingerprint density at radius 1 is 0.870 bits per heavy atom. The number of rotatable bonds is 15. The first-order valence-electron chi connectivity index (χ1n) is 8.67. The Labute approximate surface area is 142 Å². The molecule has 0 spiro atoms. The number of nitrogens with two attached hydrogens (primary N) is 1. The summed E-state index contributed by atoms with van der Waals surface area (Å²) in [6.07, 6.45) is 13.3. The summed E-state index contributed by atoms with van der Waals surface area (Å²) < 4.78 is 26.9. The zero-order chi connectivity index (χ0) is 16.7. The molecule has 7 heteroatoms. The van der Waals surface area contributed by atoms with E-state index >= 15 is 0 Å². The molecule has 0 fully saturated rings. The van der Waals surface area contributed by atoms with E-state index in [1.807, 2.05) is 0 Å². The summed E-state index contributed by atoms with van der Waals surface area (Å²) in [7, 11) is -3.77. The Balaban J connectivity index is 0. The van der Waals surface area contributed by atoms with E-state index < -0.39 is 16.1 Å². The molecule has 0 rings (SSSR count). The van der Waals surface area contributed by atoms with Gasteiger partial charge in [-0.2, -0.15) is 8.42 Å². The fourth-order valence-electron chi connectivity index (χ4n) is 2.30. The van der Waals surface area contributed by atoms with E-state index in [4.69, 9.17) is 5.73 Å². The number of carbonyl (C=O) groups is 1. The van der Waals surface area contributed by atoms with E-state index in [9.17, 15) is 13.2 Å². The summed E-state index contributed by atoms with van der Waals surface area (Å²) in [5, 5.41) is 0. The quantitative estimate of drug-likeness (QED) is 0.342. The molecule has 23 heavy (non-hydrogen) atoms. The molecule has 140 valence electrons. The summed E-state index contributed by atoms with van der Waals surface area (Å²) >= 11 is 0. The van der Waals surface area contributed by atoms with E-state index in [1.165, 1.54) is 51.4 Å². The maximum Gasteiger partial charge on any atom is 0.322 e. The van der Waals surface area contributed by atoms with Gasteiger partial charge in [0.2, 0.25) is 0 Å². The van der Waals surface area contributed by atoms with Gasteiger partial charge < -0.3 is 16.1 Å². The average Bonchev–Trinajstić information content (AvgIpc) is 2.44. The summed E-state index contributed by atoms with van der Waals surface area (Å²) in [5.74, 6) is -0.971. The largest absolute Gasteiger partial charge is 0.346 e. The highest BCUT2D eigenvalue weighted by atomic mass is 32.2. The zero-order valence-corrected chi connectivity index (χ0v) is 15.5. The molecule has 0 unspecified atom stereocenters. The summed E-state index contributed by atoms with van der Waals surface area (Å²) in [5.41, 5.74) is 5.13. The molecular weight excluding hydrogens is 316 g/mol. The molecule has 0 heterocycles. The Hall–Kier alpha value is -0.660. The van der Waals surface area contributed by atoms with E-state index in [-0.39, 0.29) is 24.9 Å². The van der Waals surface area contributed by atoms with Crippen molar-refractivity contribution in [3.8, 4) is 0 Å². The van der Waals surface area contributed by atoms with Gasteiger partial charge in [0.15, 0.2) is 0 Å². The average molecular weight is 353 g/mol. The minimum Gasteiger partial charge on any atom is -0.346 e. The van der Waals surface area contributed by atoms with Gasteiger partial charge in [-0.3, -0.25) is 4.79 Å². The van der Waals surface area contributed by atoms with Gasteiger partial charge in [-0.1, -0.05) is 71.1 Å². The third-order valence-corrected chi connectivity index (χ3v) is 4.75. The van der Waals surface area contributed by atoms with Gasteiger partial charge >= 0.3 is 16.1 Å².